The van der Waals surface area contributed by atoms with Crippen LogP contribution in [0, 0.1) is 0 Å². The Hall–Kier alpha value is -2.64. The van der Waals surface area contributed by atoms with Gasteiger partial charge in [-0.2, -0.15) is 12.6 Å². The van der Waals surface area contributed by atoms with Gasteiger partial charge < -0.3 is 31.4 Å². The van der Waals surface area contributed by atoms with Gasteiger partial charge in [0, 0.05) is 30.5 Å². The number of carboxylic acid groups (broad SMARTS) is 3. The highest BCUT2D eigenvalue weighted by Gasteiger charge is 2.33. The van der Waals surface area contributed by atoms with E-state index in [1.54, 1.807) is 25.9 Å². The molecule has 12 nitrogen and oxygen atoms in total. The number of carboxylic acids is 3. The van der Waals surface area contributed by atoms with Gasteiger partial charge in [0.25, 0.3) is 0 Å². The molecule has 3 atom stereocenters. The summed E-state index contributed by atoms with van der Waals surface area (Å²) in [6, 6.07) is -2.25. The smallest absolute Gasteiger partial charge is 0.326 e. The molecule has 0 saturated carbocycles. The Morgan fingerprint density at radius 1 is 1.27 bits per heavy atom. The number of hydrogen-bond donors (Lipinski definition) is 7. The van der Waals surface area contributed by atoms with Gasteiger partial charge in [0.15, 0.2) is 0 Å². The second-order valence-corrected chi connectivity index (χ2v) is 7.17. The minimum absolute atomic E-state index is 0.0580. The van der Waals surface area contributed by atoms with Gasteiger partial charge in [-0.25, -0.2) is 9.78 Å². The van der Waals surface area contributed by atoms with Gasteiger partial charge >= 0.3 is 17.9 Å². The van der Waals surface area contributed by atoms with E-state index in [1.807, 2.05) is 0 Å². The van der Waals surface area contributed by atoms with Gasteiger partial charge in [-0.1, -0.05) is 0 Å². The number of aromatic nitrogens is 2. The second kappa shape index (κ2) is 12.8. The molecule has 13 heteroatoms. The normalized spacial score (nSPS) is 14.6. The Morgan fingerprint density at radius 2 is 1.87 bits per heavy atom. The molecule has 7 N–H and O–H groups in total. The van der Waals surface area contributed by atoms with Crippen LogP contribution in [0.3, 0.4) is 0 Å². The molecular formula is C17H29N5O7S. The summed E-state index contributed by atoms with van der Waals surface area (Å²) < 4.78 is 0. The van der Waals surface area contributed by atoms with E-state index >= 15 is 0 Å². The molecule has 0 aliphatic heterocycles. The number of rotatable bonds is 11. The van der Waals surface area contributed by atoms with Crippen molar-refractivity contribution >= 4 is 36.4 Å². The molecule has 0 fully saturated rings. The number of nitrogens with two attached hydrogens (primary N) is 1. The van der Waals surface area contributed by atoms with Crippen molar-refractivity contribution in [1.29, 1.82) is 0 Å². The van der Waals surface area contributed by atoms with Gasteiger partial charge in [-0.05, 0) is 27.4 Å². The molecule has 1 aromatic rings. The van der Waals surface area contributed by atoms with E-state index in [4.69, 9.17) is 21.1 Å². The number of imidazole rings is 1. The van der Waals surface area contributed by atoms with Crippen molar-refractivity contribution in [3.63, 3.8) is 0 Å². The minimum Gasteiger partial charge on any atom is -0.480 e. The molecule has 0 aliphatic carbocycles. The highest BCUT2D eigenvalue weighted by molar-refractivity contribution is 7.80. The Bertz CT molecular complexity index is 713. The quantitative estimate of drug-likeness (QED) is 0.207. The summed E-state index contributed by atoms with van der Waals surface area (Å²) in [7, 11) is 3.45. The summed E-state index contributed by atoms with van der Waals surface area (Å²) in [5.41, 5.74) is 4.98. The van der Waals surface area contributed by atoms with E-state index in [9.17, 15) is 19.2 Å². The topological polar surface area (TPSA) is 199 Å². The summed E-state index contributed by atoms with van der Waals surface area (Å²) in [6.07, 6.45) is 2.72. The van der Waals surface area contributed by atoms with Crippen molar-refractivity contribution in [2.75, 3.05) is 19.8 Å². The third-order valence-electron chi connectivity index (χ3n) is 4.37. The summed E-state index contributed by atoms with van der Waals surface area (Å²) in [5, 5.41) is 28.6. The van der Waals surface area contributed by atoms with E-state index in [0.29, 0.717) is 11.4 Å². The molecule has 1 heterocycles. The minimum atomic E-state index is -1.20. The number of carbonyl (C=O) groups is 4. The van der Waals surface area contributed by atoms with Crippen LogP contribution in [0.2, 0.25) is 0 Å². The zero-order valence-corrected chi connectivity index (χ0v) is 17.9. The standard InChI is InChI=1S/C11H16N4O5.C6H13NO2S/c12-7(10(17)18)1-2-9(16)15-8(11(19)20)3-6-4-13-5-14-6;1-6(4-10,5(8)9)7(2)3/h4-5,7-8H,1-3,12H2,(H,13,14)(H,15,16)(H,17,18)(H,19,20);10H,4H2,1-3H3,(H,8,9). The van der Waals surface area contributed by atoms with Crippen molar-refractivity contribution in [2.45, 2.75) is 43.8 Å². The third kappa shape index (κ3) is 9.24. The first kappa shape index (κ1) is 27.4. The average molecular weight is 448 g/mol. The molecule has 0 saturated heterocycles. The van der Waals surface area contributed by atoms with Gasteiger partial charge in [0.1, 0.15) is 17.6 Å². The molecule has 0 bridgehead atoms. The highest BCUT2D eigenvalue weighted by Crippen LogP contribution is 2.12. The number of nitrogens with one attached hydrogen (secondary N) is 2. The van der Waals surface area contributed by atoms with E-state index in [1.165, 1.54) is 12.5 Å². The maximum atomic E-state index is 11.6. The molecular weight excluding hydrogens is 418 g/mol. The molecule has 0 spiro atoms. The molecule has 3 unspecified atom stereocenters. The van der Waals surface area contributed by atoms with E-state index in [2.05, 4.69) is 27.9 Å². The van der Waals surface area contributed by atoms with Gasteiger partial charge in [0.05, 0.1) is 6.33 Å². The van der Waals surface area contributed by atoms with Crippen LogP contribution >= 0.6 is 12.6 Å². The summed E-state index contributed by atoms with van der Waals surface area (Å²) >= 11 is 3.96. The molecule has 1 amide bonds. The third-order valence-corrected chi connectivity index (χ3v) is 4.98. The number of H-pyrrole nitrogens is 1. The first-order valence-corrected chi connectivity index (χ1v) is 9.47. The van der Waals surface area contributed by atoms with E-state index in [-0.39, 0.29) is 19.3 Å². The molecule has 30 heavy (non-hydrogen) atoms. The Balaban J connectivity index is 0.000000710. The summed E-state index contributed by atoms with van der Waals surface area (Å²) in [4.78, 5) is 51.8. The van der Waals surface area contributed by atoms with Crippen LogP contribution in [0.1, 0.15) is 25.5 Å². The van der Waals surface area contributed by atoms with Crippen molar-refractivity contribution in [3.05, 3.63) is 18.2 Å². The Kier molecular flexibility index (Phi) is 11.7. The van der Waals surface area contributed by atoms with Crippen LogP contribution in [-0.4, -0.2) is 91.5 Å². The van der Waals surface area contributed by atoms with E-state index in [0.717, 1.165) is 0 Å². The SMILES string of the molecule is CN(C)C(C)(CS)C(=O)O.NC(CCC(=O)NC(Cc1cnc[nH]1)C(=O)O)C(=O)O. The maximum Gasteiger partial charge on any atom is 0.326 e. The van der Waals surface area contributed by atoms with Crippen molar-refractivity contribution in [2.24, 2.45) is 5.73 Å². The van der Waals surface area contributed by atoms with Gasteiger partial charge in [-0.15, -0.1) is 0 Å². The molecule has 0 aliphatic rings. The highest BCUT2D eigenvalue weighted by atomic mass is 32.1. The number of hydrogen-bond acceptors (Lipinski definition) is 8. The zero-order valence-electron chi connectivity index (χ0n) is 17.0. The maximum absolute atomic E-state index is 11.6. The van der Waals surface area contributed by atoms with Gasteiger partial charge in [-0.3, -0.25) is 19.3 Å². The fraction of sp³-hybridized carbons (Fsp3) is 0.588. The molecule has 1 rings (SSSR count). The number of aliphatic carboxylic acids is 3. The van der Waals surface area contributed by atoms with Crippen LogP contribution < -0.4 is 11.1 Å². The van der Waals surface area contributed by atoms with Crippen LogP contribution in [-0.2, 0) is 25.6 Å². The fourth-order valence-electron chi connectivity index (χ4n) is 1.89. The summed E-state index contributed by atoms with van der Waals surface area (Å²) in [6.45, 7) is 1.64. The first-order valence-electron chi connectivity index (χ1n) is 8.84. The predicted molar refractivity (Wildman–Crippen MR) is 110 cm³/mol. The average Bonchev–Trinajstić information content (AvgIpc) is 3.17. The zero-order chi connectivity index (χ0) is 23.5. The second-order valence-electron chi connectivity index (χ2n) is 6.85. The lowest BCUT2D eigenvalue weighted by atomic mass is 10.1. The number of thiol groups is 1. The molecule has 170 valence electrons. The van der Waals surface area contributed by atoms with Crippen LogP contribution in [0.25, 0.3) is 0 Å². The number of carbonyl (C=O) groups excluding carboxylic acids is 1. The lowest BCUT2D eigenvalue weighted by Crippen LogP contribution is -2.50. The lowest BCUT2D eigenvalue weighted by Gasteiger charge is -2.29. The van der Waals surface area contributed by atoms with Crippen LogP contribution in [0.5, 0.6) is 0 Å². The van der Waals surface area contributed by atoms with Crippen molar-refractivity contribution in [3.8, 4) is 0 Å². The summed E-state index contributed by atoms with van der Waals surface area (Å²) in [5.74, 6) is -3.48. The van der Waals surface area contributed by atoms with Crippen molar-refractivity contribution in [1.82, 2.24) is 20.2 Å². The largest absolute Gasteiger partial charge is 0.480 e. The first-order chi connectivity index (χ1) is 13.8. The fourth-order valence-corrected chi connectivity index (χ4v) is 2.31. The number of amides is 1. The monoisotopic (exact) mass is 447 g/mol. The van der Waals surface area contributed by atoms with Crippen LogP contribution in [0.4, 0.5) is 0 Å². The van der Waals surface area contributed by atoms with Crippen LogP contribution in [0.15, 0.2) is 12.5 Å². The Labute approximate surface area is 179 Å². The van der Waals surface area contributed by atoms with E-state index < -0.39 is 41.4 Å². The number of aromatic amines is 1. The Morgan fingerprint density at radius 3 is 2.20 bits per heavy atom. The van der Waals surface area contributed by atoms with Crippen molar-refractivity contribution < 1.29 is 34.5 Å². The number of likely N-dealkylation sites (N-methyl/N-ethyl adjacent to an activating group) is 1. The predicted octanol–water partition coefficient (Wildman–Crippen LogP) is -0.965. The lowest BCUT2D eigenvalue weighted by molar-refractivity contribution is -0.147. The molecule has 1 aromatic heterocycles. The van der Waals surface area contributed by atoms with Gasteiger partial charge in [0.2, 0.25) is 5.91 Å². The number of nitrogens with zero attached hydrogens (tertiary/aromatic N) is 2. The molecule has 0 radical (unpaired) electrons. The molecule has 0 aromatic carbocycles.